The Hall–Kier alpha value is -1.15. The Balaban J connectivity index is 3.65. The molecule has 0 aromatic heterocycles. The summed E-state index contributed by atoms with van der Waals surface area (Å²) in [4.78, 5) is 27.1. The number of aliphatic hydroxyl groups excluding tert-OH is 1. The summed E-state index contributed by atoms with van der Waals surface area (Å²) >= 11 is 0. The summed E-state index contributed by atoms with van der Waals surface area (Å²) in [5, 5.41) is 9.73. The van der Waals surface area contributed by atoms with Gasteiger partial charge in [0.05, 0.1) is 7.11 Å². The summed E-state index contributed by atoms with van der Waals surface area (Å²) in [6.45, 7) is 9.03. The lowest BCUT2D eigenvalue weighted by Crippen LogP contribution is -2.60. The number of amides is 1. The summed E-state index contributed by atoms with van der Waals surface area (Å²) in [7, 11) is -0.150. The van der Waals surface area contributed by atoms with Crippen molar-refractivity contribution < 1.29 is 37.8 Å². The van der Waals surface area contributed by atoms with Crippen LogP contribution in [0.2, 0.25) is 0 Å². The zero-order valence-corrected chi connectivity index (χ0v) is 20.3. The van der Waals surface area contributed by atoms with E-state index in [4.69, 9.17) is 18.5 Å². The molecule has 0 aliphatic carbocycles. The van der Waals surface area contributed by atoms with Gasteiger partial charge in [-0.25, -0.2) is 9.59 Å². The highest BCUT2D eigenvalue weighted by molar-refractivity contribution is 7.54. The van der Waals surface area contributed by atoms with Gasteiger partial charge in [-0.1, -0.05) is 13.8 Å². The molecule has 0 radical (unpaired) electrons. The molecule has 1 aliphatic heterocycles. The molecule has 1 fully saturated rings. The van der Waals surface area contributed by atoms with Gasteiger partial charge in [0, 0.05) is 20.8 Å². The average molecular weight is 451 g/mol. The summed E-state index contributed by atoms with van der Waals surface area (Å²) in [5.41, 5.74) is -0.840. The lowest BCUT2D eigenvalue weighted by atomic mass is 9.75. The number of nitrogens with zero attached hydrogens (tertiary/aromatic N) is 1. The van der Waals surface area contributed by atoms with E-state index in [0.29, 0.717) is 12.8 Å². The predicted octanol–water partition coefficient (Wildman–Crippen LogP) is 3.64. The SMILES string of the molecule is COC(=O)[C@H]1C[C@H](CC(C)C)[C@@H](CCO)[C@@H](P(=O)(OC)OC)N1C(=O)OC(C)(C)C. The van der Waals surface area contributed by atoms with Crippen LogP contribution in [0.1, 0.15) is 53.9 Å². The number of aliphatic hydroxyl groups is 1. The molecule has 1 heterocycles. The van der Waals surface area contributed by atoms with E-state index in [0.717, 1.165) is 4.90 Å². The van der Waals surface area contributed by atoms with Crippen LogP contribution in [0.5, 0.6) is 0 Å². The Labute approximate surface area is 179 Å². The number of esters is 1. The van der Waals surface area contributed by atoms with Gasteiger partial charge in [0.1, 0.15) is 17.4 Å². The van der Waals surface area contributed by atoms with Gasteiger partial charge in [-0.2, -0.15) is 0 Å². The minimum atomic E-state index is -3.88. The van der Waals surface area contributed by atoms with E-state index in [1.54, 1.807) is 20.8 Å². The molecule has 176 valence electrons. The van der Waals surface area contributed by atoms with Gasteiger partial charge in [0.25, 0.3) is 0 Å². The zero-order valence-electron chi connectivity index (χ0n) is 19.4. The van der Waals surface area contributed by atoms with Crippen LogP contribution in [0, 0.1) is 17.8 Å². The van der Waals surface area contributed by atoms with E-state index in [-0.39, 0.29) is 24.9 Å². The highest BCUT2D eigenvalue weighted by Gasteiger charge is 2.56. The Morgan fingerprint density at radius 1 is 1.17 bits per heavy atom. The molecule has 0 bridgehead atoms. The van der Waals surface area contributed by atoms with Crippen LogP contribution in [0.25, 0.3) is 0 Å². The fraction of sp³-hybridized carbons (Fsp3) is 0.900. The van der Waals surface area contributed by atoms with Crippen LogP contribution >= 0.6 is 7.60 Å². The van der Waals surface area contributed by atoms with Crippen molar-refractivity contribution >= 4 is 19.7 Å². The number of methoxy groups -OCH3 is 1. The molecule has 0 aromatic carbocycles. The van der Waals surface area contributed by atoms with Crippen molar-refractivity contribution in [3.05, 3.63) is 0 Å². The van der Waals surface area contributed by atoms with Crippen molar-refractivity contribution in [2.24, 2.45) is 17.8 Å². The first-order valence-corrected chi connectivity index (χ1v) is 11.9. The lowest BCUT2D eigenvalue weighted by molar-refractivity contribution is -0.151. The Kier molecular flexibility index (Phi) is 9.80. The molecule has 0 aromatic rings. The number of hydrogen-bond donors (Lipinski definition) is 1. The van der Waals surface area contributed by atoms with Crippen molar-refractivity contribution in [3.8, 4) is 0 Å². The molecule has 1 saturated heterocycles. The molecule has 0 saturated carbocycles. The second-order valence-corrected chi connectivity index (χ2v) is 11.4. The molecular formula is C20H38NO8P. The number of hydrogen-bond acceptors (Lipinski definition) is 8. The normalized spacial score (nSPS) is 25.3. The Bertz CT molecular complexity index is 625. The maximum atomic E-state index is 13.6. The van der Waals surface area contributed by atoms with E-state index in [1.807, 2.05) is 13.8 Å². The van der Waals surface area contributed by atoms with E-state index >= 15 is 0 Å². The number of ether oxygens (including phenoxy) is 2. The quantitative estimate of drug-likeness (QED) is 0.440. The van der Waals surface area contributed by atoms with Crippen LogP contribution in [0.3, 0.4) is 0 Å². The molecule has 1 N–H and O–H groups in total. The van der Waals surface area contributed by atoms with Gasteiger partial charge in [-0.3, -0.25) is 9.46 Å². The fourth-order valence-electron chi connectivity index (χ4n) is 4.19. The van der Waals surface area contributed by atoms with Crippen molar-refractivity contribution in [3.63, 3.8) is 0 Å². The van der Waals surface area contributed by atoms with Gasteiger partial charge >= 0.3 is 19.7 Å². The first kappa shape index (κ1) is 26.9. The summed E-state index contributed by atoms with van der Waals surface area (Å²) < 4.78 is 34.7. The molecule has 4 atom stereocenters. The molecule has 1 amide bonds. The third-order valence-electron chi connectivity index (χ3n) is 5.28. The third kappa shape index (κ3) is 6.42. The standard InChI is InChI=1S/C20H38NO8P/c1-13(2)11-14-12-16(18(23)26-6)21(19(24)29-20(3,4)5)17(15(14)9-10-22)30(25,27-7)28-8/h13-17,22H,9-12H2,1-8H3/t14-,15+,16+,17+/m0/s1. The van der Waals surface area contributed by atoms with E-state index < -0.39 is 43.0 Å². The van der Waals surface area contributed by atoms with Crippen molar-refractivity contribution in [2.75, 3.05) is 27.9 Å². The zero-order chi connectivity index (χ0) is 23.3. The molecule has 1 rings (SSSR count). The maximum Gasteiger partial charge on any atom is 0.411 e. The van der Waals surface area contributed by atoms with Crippen LogP contribution in [0.15, 0.2) is 0 Å². The first-order chi connectivity index (χ1) is 13.8. The first-order valence-electron chi connectivity index (χ1n) is 10.3. The molecular weight excluding hydrogens is 413 g/mol. The van der Waals surface area contributed by atoms with Gasteiger partial charge < -0.3 is 23.6 Å². The average Bonchev–Trinajstić information content (AvgIpc) is 2.65. The molecule has 0 spiro atoms. The minimum absolute atomic E-state index is 0.108. The summed E-state index contributed by atoms with van der Waals surface area (Å²) in [6.07, 6.45) is 0.484. The third-order valence-corrected chi connectivity index (χ3v) is 7.58. The predicted molar refractivity (Wildman–Crippen MR) is 112 cm³/mol. The van der Waals surface area contributed by atoms with Crippen LogP contribution < -0.4 is 0 Å². The molecule has 1 aliphatic rings. The van der Waals surface area contributed by atoms with E-state index in [2.05, 4.69) is 0 Å². The second-order valence-electron chi connectivity index (χ2n) is 9.05. The van der Waals surface area contributed by atoms with E-state index in [1.165, 1.54) is 21.3 Å². The molecule has 10 heteroatoms. The van der Waals surface area contributed by atoms with Crippen molar-refractivity contribution in [1.29, 1.82) is 0 Å². The monoisotopic (exact) mass is 451 g/mol. The van der Waals surface area contributed by atoms with Crippen molar-refractivity contribution in [2.45, 2.75) is 71.3 Å². The Morgan fingerprint density at radius 2 is 1.73 bits per heavy atom. The van der Waals surface area contributed by atoms with Gasteiger partial charge in [-0.15, -0.1) is 0 Å². The summed E-state index contributed by atoms with van der Waals surface area (Å²) in [5.74, 6) is -1.97. The smallest absolute Gasteiger partial charge is 0.411 e. The number of carbonyl (C=O) groups excluding carboxylic acids is 2. The lowest BCUT2D eigenvalue weighted by Gasteiger charge is -2.50. The summed E-state index contributed by atoms with van der Waals surface area (Å²) in [6, 6.07) is -1.01. The van der Waals surface area contributed by atoms with Crippen molar-refractivity contribution in [1.82, 2.24) is 4.90 Å². The van der Waals surface area contributed by atoms with Gasteiger partial charge in [0.15, 0.2) is 0 Å². The number of rotatable bonds is 8. The molecule has 30 heavy (non-hydrogen) atoms. The van der Waals surface area contributed by atoms with Gasteiger partial charge in [-0.05, 0) is 57.8 Å². The maximum absolute atomic E-state index is 13.6. The Morgan fingerprint density at radius 3 is 2.13 bits per heavy atom. The number of likely N-dealkylation sites (tertiary alicyclic amines) is 1. The largest absolute Gasteiger partial charge is 0.467 e. The van der Waals surface area contributed by atoms with Crippen LogP contribution in [-0.2, 0) is 27.9 Å². The van der Waals surface area contributed by atoms with Crippen LogP contribution in [-0.4, -0.2) is 67.4 Å². The number of carbonyl (C=O) groups is 2. The van der Waals surface area contributed by atoms with Gasteiger partial charge in [0.2, 0.25) is 0 Å². The molecule has 0 unspecified atom stereocenters. The highest BCUT2D eigenvalue weighted by Crippen LogP contribution is 2.60. The minimum Gasteiger partial charge on any atom is -0.467 e. The number of piperidine rings is 1. The fourth-order valence-corrected chi connectivity index (χ4v) is 6.20. The second kappa shape index (κ2) is 10.9. The molecule has 9 nitrogen and oxygen atoms in total. The topological polar surface area (TPSA) is 112 Å². The van der Waals surface area contributed by atoms with Crippen LogP contribution in [0.4, 0.5) is 4.79 Å². The van der Waals surface area contributed by atoms with E-state index in [9.17, 15) is 19.3 Å². The highest BCUT2D eigenvalue weighted by atomic mass is 31.2.